The first-order valence-electron chi connectivity index (χ1n) is 2.62. The van der Waals surface area contributed by atoms with Crippen LogP contribution in [-0.4, -0.2) is 35.5 Å². The number of β-amino-alcohol motifs (C(OH)–C–C–N with tert-alkyl or cyclic N) is 2. The summed E-state index contributed by atoms with van der Waals surface area (Å²) in [4.78, 5) is 0. The Morgan fingerprint density at radius 2 is 1.38 bits per heavy atom. The van der Waals surface area contributed by atoms with E-state index >= 15 is 0 Å². The second-order valence-corrected chi connectivity index (χ2v) is 1.90. The van der Waals surface area contributed by atoms with Crippen molar-refractivity contribution in [3.8, 4) is 0 Å². The Bertz CT molecular complexity index is 68.4. The van der Waals surface area contributed by atoms with E-state index in [1.807, 2.05) is 0 Å². The molecule has 0 aromatic heterocycles. The summed E-state index contributed by atoms with van der Waals surface area (Å²) in [5.74, 6) is 0. The van der Waals surface area contributed by atoms with E-state index in [0.29, 0.717) is 13.1 Å². The van der Waals surface area contributed by atoms with Gasteiger partial charge in [0, 0.05) is 13.1 Å². The molecular weight excluding hydrogens is 108 g/mol. The highest BCUT2D eigenvalue weighted by Crippen LogP contribution is 1.92. The number of aliphatic hydroxyl groups excluding tert-OH is 2. The van der Waals surface area contributed by atoms with Crippen molar-refractivity contribution in [2.75, 3.05) is 13.1 Å². The fourth-order valence-electron chi connectivity index (χ4n) is 0.626. The fourth-order valence-corrected chi connectivity index (χ4v) is 0.626. The van der Waals surface area contributed by atoms with Crippen LogP contribution in [-0.2, 0) is 0 Å². The molecule has 1 saturated heterocycles. The molecule has 2 atom stereocenters. The van der Waals surface area contributed by atoms with Crippen LogP contribution in [0.4, 0.5) is 0 Å². The van der Waals surface area contributed by atoms with E-state index in [1.54, 1.807) is 0 Å². The molecule has 1 aliphatic rings. The average Bonchev–Trinajstić information content (AvgIpc) is 1.77. The van der Waals surface area contributed by atoms with Crippen molar-refractivity contribution in [3.63, 3.8) is 0 Å². The van der Waals surface area contributed by atoms with Crippen LogP contribution in [0.1, 0.15) is 0 Å². The van der Waals surface area contributed by atoms with Gasteiger partial charge in [0.2, 0.25) is 0 Å². The van der Waals surface area contributed by atoms with Crippen LogP contribution < -0.4 is 10.9 Å². The van der Waals surface area contributed by atoms with Crippen molar-refractivity contribution in [1.29, 1.82) is 0 Å². The van der Waals surface area contributed by atoms with Crippen LogP contribution >= 0.6 is 0 Å². The van der Waals surface area contributed by atoms with Crippen molar-refractivity contribution in [3.05, 3.63) is 0 Å². The Morgan fingerprint density at radius 3 is 1.62 bits per heavy atom. The molecule has 0 radical (unpaired) electrons. The summed E-state index contributed by atoms with van der Waals surface area (Å²) in [6, 6.07) is 0. The number of aliphatic hydroxyl groups is 2. The van der Waals surface area contributed by atoms with E-state index < -0.39 is 12.2 Å². The molecule has 1 fully saturated rings. The lowest BCUT2D eigenvalue weighted by molar-refractivity contribution is -0.00233. The molecule has 0 spiro atoms. The molecular formula is C4H10N2O2. The van der Waals surface area contributed by atoms with E-state index in [4.69, 9.17) is 10.2 Å². The number of hydrazine groups is 1. The molecule has 8 heavy (non-hydrogen) atoms. The molecule has 1 heterocycles. The van der Waals surface area contributed by atoms with Gasteiger partial charge in [-0.2, -0.15) is 0 Å². The molecule has 0 aromatic rings. The summed E-state index contributed by atoms with van der Waals surface area (Å²) in [7, 11) is 0. The molecule has 1 aliphatic heterocycles. The van der Waals surface area contributed by atoms with Crippen molar-refractivity contribution in [2.45, 2.75) is 12.2 Å². The highest BCUT2D eigenvalue weighted by Gasteiger charge is 2.18. The second kappa shape index (κ2) is 2.41. The molecule has 2 unspecified atom stereocenters. The van der Waals surface area contributed by atoms with Gasteiger partial charge in [-0.3, -0.25) is 10.9 Å². The molecule has 0 aromatic carbocycles. The molecule has 0 saturated carbocycles. The Labute approximate surface area is 47.5 Å². The zero-order valence-corrected chi connectivity index (χ0v) is 4.46. The topological polar surface area (TPSA) is 64.5 Å². The standard InChI is InChI=1S/C4H10N2O2/c7-3-1-5-6-2-4(3)8/h3-8H,1-2H2. The van der Waals surface area contributed by atoms with Gasteiger partial charge in [0.15, 0.2) is 0 Å². The first-order valence-corrected chi connectivity index (χ1v) is 2.62. The Morgan fingerprint density at radius 1 is 1.00 bits per heavy atom. The van der Waals surface area contributed by atoms with E-state index in [9.17, 15) is 0 Å². The van der Waals surface area contributed by atoms with E-state index in [0.717, 1.165) is 0 Å². The maximum absolute atomic E-state index is 8.83. The minimum atomic E-state index is -0.615. The summed E-state index contributed by atoms with van der Waals surface area (Å²) in [6.07, 6.45) is -1.23. The first kappa shape index (κ1) is 5.97. The van der Waals surface area contributed by atoms with Gasteiger partial charge in [-0.05, 0) is 0 Å². The molecule has 0 bridgehead atoms. The number of nitrogens with one attached hydrogen (secondary N) is 2. The number of hydrogen-bond donors (Lipinski definition) is 4. The minimum absolute atomic E-state index is 0.418. The normalized spacial score (nSPS) is 39.8. The molecule has 4 nitrogen and oxygen atoms in total. The molecule has 4 heteroatoms. The zero-order chi connectivity index (χ0) is 5.98. The minimum Gasteiger partial charge on any atom is -0.389 e. The van der Waals surface area contributed by atoms with Crippen LogP contribution in [0, 0.1) is 0 Å². The lowest BCUT2D eigenvalue weighted by Gasteiger charge is -2.24. The van der Waals surface area contributed by atoms with Crippen LogP contribution in [0.25, 0.3) is 0 Å². The average molecular weight is 118 g/mol. The zero-order valence-electron chi connectivity index (χ0n) is 4.46. The van der Waals surface area contributed by atoms with Crippen molar-refractivity contribution in [1.82, 2.24) is 10.9 Å². The van der Waals surface area contributed by atoms with Crippen molar-refractivity contribution >= 4 is 0 Å². The largest absolute Gasteiger partial charge is 0.389 e. The Balaban J connectivity index is 2.28. The third kappa shape index (κ3) is 1.16. The summed E-state index contributed by atoms with van der Waals surface area (Å²) in [5, 5.41) is 17.7. The second-order valence-electron chi connectivity index (χ2n) is 1.90. The molecule has 4 N–H and O–H groups in total. The van der Waals surface area contributed by atoms with Crippen molar-refractivity contribution in [2.24, 2.45) is 0 Å². The maximum Gasteiger partial charge on any atom is 0.0950 e. The Hall–Kier alpha value is -0.160. The summed E-state index contributed by atoms with van der Waals surface area (Å²) in [6.45, 7) is 0.836. The predicted octanol–water partition coefficient (Wildman–Crippen LogP) is -2.18. The fraction of sp³-hybridized carbons (Fsp3) is 1.00. The first-order chi connectivity index (χ1) is 3.80. The van der Waals surface area contributed by atoms with Gasteiger partial charge in [0.05, 0.1) is 12.2 Å². The summed E-state index contributed by atoms with van der Waals surface area (Å²) >= 11 is 0. The SMILES string of the molecule is OC1CNNCC1O. The van der Waals surface area contributed by atoms with Crippen LogP contribution in [0.2, 0.25) is 0 Å². The van der Waals surface area contributed by atoms with Gasteiger partial charge in [-0.15, -0.1) is 0 Å². The van der Waals surface area contributed by atoms with Gasteiger partial charge in [-0.25, -0.2) is 0 Å². The quantitative estimate of drug-likeness (QED) is 0.292. The molecule has 1 rings (SSSR count). The van der Waals surface area contributed by atoms with E-state index in [1.165, 1.54) is 0 Å². The Kier molecular flexibility index (Phi) is 1.80. The van der Waals surface area contributed by atoms with Gasteiger partial charge in [0.25, 0.3) is 0 Å². The number of hydrogen-bond acceptors (Lipinski definition) is 4. The van der Waals surface area contributed by atoms with E-state index in [-0.39, 0.29) is 0 Å². The summed E-state index contributed by atoms with van der Waals surface area (Å²) in [5.41, 5.74) is 5.41. The van der Waals surface area contributed by atoms with E-state index in [2.05, 4.69) is 10.9 Å². The molecule has 0 amide bonds. The lowest BCUT2D eigenvalue weighted by atomic mass is 10.2. The third-order valence-electron chi connectivity index (χ3n) is 1.19. The maximum atomic E-state index is 8.83. The molecule has 0 aliphatic carbocycles. The van der Waals surface area contributed by atoms with Gasteiger partial charge >= 0.3 is 0 Å². The highest BCUT2D eigenvalue weighted by molar-refractivity contribution is 4.74. The van der Waals surface area contributed by atoms with Crippen LogP contribution in [0.15, 0.2) is 0 Å². The van der Waals surface area contributed by atoms with Gasteiger partial charge in [0.1, 0.15) is 0 Å². The van der Waals surface area contributed by atoms with Crippen molar-refractivity contribution < 1.29 is 10.2 Å². The van der Waals surface area contributed by atoms with Gasteiger partial charge in [-0.1, -0.05) is 0 Å². The monoisotopic (exact) mass is 118 g/mol. The number of rotatable bonds is 0. The summed E-state index contributed by atoms with van der Waals surface area (Å²) < 4.78 is 0. The van der Waals surface area contributed by atoms with Crippen LogP contribution in [0.3, 0.4) is 0 Å². The van der Waals surface area contributed by atoms with Crippen LogP contribution in [0.5, 0.6) is 0 Å². The third-order valence-corrected chi connectivity index (χ3v) is 1.19. The predicted molar refractivity (Wildman–Crippen MR) is 28.0 cm³/mol. The smallest absolute Gasteiger partial charge is 0.0950 e. The molecule has 48 valence electrons. The van der Waals surface area contributed by atoms with Gasteiger partial charge < -0.3 is 10.2 Å². The lowest BCUT2D eigenvalue weighted by Crippen LogP contribution is -2.54. The highest BCUT2D eigenvalue weighted by atomic mass is 16.3.